The average molecular weight is 282 g/mol. The maximum Gasteiger partial charge on any atom is 0.226 e. The number of anilines is 2. The molecule has 1 unspecified atom stereocenters. The van der Waals surface area contributed by atoms with Crippen molar-refractivity contribution in [2.45, 2.75) is 31.2 Å². The fourth-order valence-corrected chi connectivity index (χ4v) is 2.99. The molecule has 1 amide bonds. The summed E-state index contributed by atoms with van der Waals surface area (Å²) >= 11 is 0. The second-order valence-electron chi connectivity index (χ2n) is 5.20. The minimum Gasteiger partial charge on any atom is -0.380 e. The Morgan fingerprint density at radius 1 is 1.32 bits per heavy atom. The van der Waals surface area contributed by atoms with Gasteiger partial charge in [0.15, 0.2) is 9.84 Å². The first-order chi connectivity index (χ1) is 8.79. The van der Waals surface area contributed by atoms with Crippen molar-refractivity contribution in [1.29, 1.82) is 0 Å². The van der Waals surface area contributed by atoms with Crippen LogP contribution in [0.4, 0.5) is 11.4 Å². The van der Waals surface area contributed by atoms with Crippen LogP contribution in [-0.4, -0.2) is 26.6 Å². The average Bonchev–Trinajstić information content (AvgIpc) is 2.44. The maximum atomic E-state index is 11.9. The molecular formula is C13H18N2O3S. The molecule has 1 aliphatic heterocycles. The van der Waals surface area contributed by atoms with Gasteiger partial charge >= 0.3 is 0 Å². The van der Waals surface area contributed by atoms with Gasteiger partial charge in [-0.3, -0.25) is 4.79 Å². The molecule has 0 fully saturated rings. The van der Waals surface area contributed by atoms with Crippen molar-refractivity contribution in [2.75, 3.05) is 16.9 Å². The fraction of sp³-hybridized carbons (Fsp3) is 0.462. The zero-order valence-corrected chi connectivity index (χ0v) is 12.0. The second-order valence-corrected chi connectivity index (χ2v) is 7.18. The third-order valence-corrected chi connectivity index (χ3v) is 4.38. The first-order valence-corrected chi connectivity index (χ1v) is 8.07. The van der Waals surface area contributed by atoms with Crippen LogP contribution in [0.2, 0.25) is 0 Å². The summed E-state index contributed by atoms with van der Waals surface area (Å²) in [5.41, 5.74) is 1.02. The van der Waals surface area contributed by atoms with Gasteiger partial charge in [-0.05, 0) is 18.1 Å². The van der Waals surface area contributed by atoms with Gasteiger partial charge in [0.2, 0.25) is 5.91 Å². The molecule has 0 aliphatic carbocycles. The van der Waals surface area contributed by atoms with Crippen molar-refractivity contribution in [3.05, 3.63) is 18.2 Å². The summed E-state index contributed by atoms with van der Waals surface area (Å²) in [6.45, 7) is 4.05. The van der Waals surface area contributed by atoms with Gasteiger partial charge < -0.3 is 10.6 Å². The lowest BCUT2D eigenvalue weighted by atomic mass is 10.0. The van der Waals surface area contributed by atoms with Crippen LogP contribution >= 0.6 is 0 Å². The highest BCUT2D eigenvalue weighted by atomic mass is 32.2. The number of para-hydroxylation sites is 1. The zero-order chi connectivity index (χ0) is 14.2. The minimum absolute atomic E-state index is 0.00365. The van der Waals surface area contributed by atoms with E-state index in [4.69, 9.17) is 0 Å². The predicted octanol–water partition coefficient (Wildman–Crippen LogP) is 1.87. The van der Waals surface area contributed by atoms with Gasteiger partial charge in [-0.1, -0.05) is 19.9 Å². The number of carbonyl (C=O) groups excluding carboxylic acids is 1. The molecule has 1 atom stereocenters. The number of sulfone groups is 1. The molecule has 0 spiro atoms. The summed E-state index contributed by atoms with van der Waals surface area (Å²) in [6.07, 6.45) is 1.47. The Bertz CT molecular complexity index is 608. The topological polar surface area (TPSA) is 75.3 Å². The molecule has 1 aliphatic rings. The Hall–Kier alpha value is -1.56. The minimum atomic E-state index is -3.38. The van der Waals surface area contributed by atoms with Gasteiger partial charge in [-0.15, -0.1) is 0 Å². The third-order valence-electron chi connectivity index (χ3n) is 3.24. The maximum absolute atomic E-state index is 11.9. The van der Waals surface area contributed by atoms with Crippen molar-refractivity contribution >= 4 is 27.1 Å². The molecule has 2 N–H and O–H groups in total. The quantitative estimate of drug-likeness (QED) is 0.868. The monoisotopic (exact) mass is 282 g/mol. The lowest BCUT2D eigenvalue weighted by Crippen LogP contribution is -2.27. The Morgan fingerprint density at radius 3 is 2.58 bits per heavy atom. The number of hydrogen-bond acceptors (Lipinski definition) is 4. The highest BCUT2D eigenvalue weighted by molar-refractivity contribution is 7.90. The highest BCUT2D eigenvalue weighted by Gasteiger charge is 2.26. The van der Waals surface area contributed by atoms with Gasteiger partial charge in [0.1, 0.15) is 0 Å². The van der Waals surface area contributed by atoms with E-state index in [0.717, 1.165) is 6.26 Å². The first kappa shape index (κ1) is 13.9. The van der Waals surface area contributed by atoms with E-state index >= 15 is 0 Å². The predicted molar refractivity (Wildman–Crippen MR) is 75.0 cm³/mol. The summed E-state index contributed by atoms with van der Waals surface area (Å²) in [5, 5.41) is 5.96. The van der Waals surface area contributed by atoms with E-state index in [9.17, 15) is 13.2 Å². The standard InChI is InChI=1S/C13H18N2O3S/c1-8(2)10-7-12(16)15-13-9(14-10)5-4-6-11(13)19(3,17)18/h4-6,8,10,14H,7H2,1-3H3,(H,15,16). The SMILES string of the molecule is CC(C)C1CC(=O)Nc2c(cccc2S(C)(=O)=O)N1. The third kappa shape index (κ3) is 2.89. The van der Waals surface area contributed by atoms with Crippen LogP contribution in [0.3, 0.4) is 0 Å². The van der Waals surface area contributed by atoms with Crippen molar-refractivity contribution in [1.82, 2.24) is 0 Å². The lowest BCUT2D eigenvalue weighted by molar-refractivity contribution is -0.116. The largest absolute Gasteiger partial charge is 0.380 e. The number of fused-ring (bicyclic) bond motifs is 1. The number of hydrogen-bond donors (Lipinski definition) is 2. The molecule has 5 nitrogen and oxygen atoms in total. The molecule has 1 aromatic rings. The van der Waals surface area contributed by atoms with Crippen LogP contribution in [0.15, 0.2) is 23.1 Å². The molecule has 0 saturated heterocycles. The molecule has 6 heteroatoms. The van der Waals surface area contributed by atoms with Crippen molar-refractivity contribution in [2.24, 2.45) is 5.92 Å². The first-order valence-electron chi connectivity index (χ1n) is 6.18. The molecule has 19 heavy (non-hydrogen) atoms. The van der Waals surface area contributed by atoms with Crippen LogP contribution in [-0.2, 0) is 14.6 Å². The molecule has 1 aromatic carbocycles. The summed E-state index contributed by atoms with van der Waals surface area (Å²) in [7, 11) is -3.38. The van der Waals surface area contributed by atoms with Crippen molar-refractivity contribution < 1.29 is 13.2 Å². The van der Waals surface area contributed by atoms with Crippen LogP contribution in [0, 0.1) is 5.92 Å². The van der Waals surface area contributed by atoms with Gasteiger partial charge in [0, 0.05) is 18.7 Å². The van der Waals surface area contributed by atoms with E-state index in [-0.39, 0.29) is 22.8 Å². The van der Waals surface area contributed by atoms with E-state index in [1.807, 2.05) is 13.8 Å². The summed E-state index contributed by atoms with van der Waals surface area (Å²) < 4.78 is 23.5. The molecular weight excluding hydrogens is 264 g/mol. The van der Waals surface area contributed by atoms with Crippen LogP contribution in [0.1, 0.15) is 20.3 Å². The van der Waals surface area contributed by atoms with Gasteiger partial charge in [0.05, 0.1) is 16.3 Å². The molecule has 104 valence electrons. The molecule has 0 saturated carbocycles. The smallest absolute Gasteiger partial charge is 0.226 e. The lowest BCUT2D eigenvalue weighted by Gasteiger charge is -2.20. The Balaban J connectivity index is 2.55. The van der Waals surface area contributed by atoms with Gasteiger partial charge in [-0.25, -0.2) is 8.42 Å². The Labute approximate surface area is 113 Å². The van der Waals surface area contributed by atoms with Crippen LogP contribution < -0.4 is 10.6 Å². The summed E-state index contributed by atoms with van der Waals surface area (Å²) in [4.78, 5) is 12.0. The molecule has 1 heterocycles. The highest BCUT2D eigenvalue weighted by Crippen LogP contribution is 2.33. The van der Waals surface area contributed by atoms with E-state index < -0.39 is 9.84 Å². The van der Waals surface area contributed by atoms with E-state index in [0.29, 0.717) is 17.8 Å². The second kappa shape index (κ2) is 4.85. The molecule has 2 rings (SSSR count). The summed E-state index contributed by atoms with van der Waals surface area (Å²) in [5.74, 6) is 0.111. The van der Waals surface area contributed by atoms with Crippen LogP contribution in [0.5, 0.6) is 0 Å². The Morgan fingerprint density at radius 2 is 2.00 bits per heavy atom. The fourth-order valence-electron chi connectivity index (χ4n) is 2.13. The molecule has 0 radical (unpaired) electrons. The number of rotatable bonds is 2. The molecule has 0 aromatic heterocycles. The van der Waals surface area contributed by atoms with Crippen molar-refractivity contribution in [3.8, 4) is 0 Å². The van der Waals surface area contributed by atoms with E-state index in [1.54, 1.807) is 12.1 Å². The summed E-state index contributed by atoms with van der Waals surface area (Å²) in [6, 6.07) is 4.96. The van der Waals surface area contributed by atoms with E-state index in [2.05, 4.69) is 10.6 Å². The van der Waals surface area contributed by atoms with Crippen LogP contribution in [0.25, 0.3) is 0 Å². The van der Waals surface area contributed by atoms with Gasteiger partial charge in [0.25, 0.3) is 0 Å². The normalized spacial score (nSPS) is 19.4. The molecule has 0 bridgehead atoms. The van der Waals surface area contributed by atoms with Gasteiger partial charge in [-0.2, -0.15) is 0 Å². The number of carbonyl (C=O) groups is 1. The zero-order valence-electron chi connectivity index (χ0n) is 11.2. The van der Waals surface area contributed by atoms with E-state index in [1.165, 1.54) is 6.07 Å². The number of benzene rings is 1. The number of amides is 1. The Kier molecular flexibility index (Phi) is 3.54. The number of nitrogens with one attached hydrogen (secondary N) is 2. The van der Waals surface area contributed by atoms with Crippen molar-refractivity contribution in [3.63, 3.8) is 0 Å².